The molecule has 1 aliphatic rings. The molecule has 3 nitrogen and oxygen atoms in total. The average molecular weight is 235 g/mol. The highest BCUT2D eigenvalue weighted by Crippen LogP contribution is 2.34. The highest BCUT2D eigenvalue weighted by Gasteiger charge is 2.26. The fourth-order valence-electron chi connectivity index (χ4n) is 3.04. The molecule has 2 atom stereocenters. The largest absolute Gasteiger partial charge is 0.338 e. The van der Waals surface area contributed by atoms with Crippen LogP contribution in [0.15, 0.2) is 12.4 Å². The molecular weight excluding hydrogens is 210 g/mol. The van der Waals surface area contributed by atoms with Gasteiger partial charge in [-0.15, -0.1) is 0 Å². The molecule has 1 aromatic rings. The van der Waals surface area contributed by atoms with Gasteiger partial charge in [0.2, 0.25) is 0 Å². The summed E-state index contributed by atoms with van der Waals surface area (Å²) >= 11 is 0. The third-order valence-electron chi connectivity index (χ3n) is 4.13. The van der Waals surface area contributed by atoms with Gasteiger partial charge >= 0.3 is 0 Å². The van der Waals surface area contributed by atoms with Gasteiger partial charge in [-0.1, -0.05) is 19.8 Å². The van der Waals surface area contributed by atoms with E-state index in [0.29, 0.717) is 0 Å². The fourth-order valence-corrected chi connectivity index (χ4v) is 3.04. The van der Waals surface area contributed by atoms with E-state index in [1.165, 1.54) is 38.1 Å². The summed E-state index contributed by atoms with van der Waals surface area (Å²) in [6.07, 6.45) is 10.6. The van der Waals surface area contributed by atoms with Gasteiger partial charge in [0, 0.05) is 25.9 Å². The van der Waals surface area contributed by atoms with Crippen LogP contribution in [0.5, 0.6) is 0 Å². The van der Waals surface area contributed by atoms with E-state index in [0.717, 1.165) is 24.8 Å². The van der Waals surface area contributed by atoms with Crippen molar-refractivity contribution in [1.29, 1.82) is 0 Å². The molecule has 0 spiro atoms. The van der Waals surface area contributed by atoms with E-state index in [-0.39, 0.29) is 0 Å². The van der Waals surface area contributed by atoms with Gasteiger partial charge in [0.1, 0.15) is 5.82 Å². The molecule has 2 unspecified atom stereocenters. The Labute approximate surface area is 105 Å². The Morgan fingerprint density at radius 2 is 2.24 bits per heavy atom. The van der Waals surface area contributed by atoms with Crippen LogP contribution in [0.3, 0.4) is 0 Å². The number of hydrogen-bond donors (Lipinski definition) is 1. The molecule has 1 fully saturated rings. The van der Waals surface area contributed by atoms with Gasteiger partial charge in [0.15, 0.2) is 0 Å². The molecule has 1 aliphatic carbocycles. The van der Waals surface area contributed by atoms with Crippen molar-refractivity contribution in [1.82, 2.24) is 14.9 Å². The van der Waals surface area contributed by atoms with Crippen LogP contribution in [0.4, 0.5) is 0 Å². The summed E-state index contributed by atoms with van der Waals surface area (Å²) in [6.45, 7) is 4.50. The number of rotatable bonds is 6. The Balaban J connectivity index is 1.80. The van der Waals surface area contributed by atoms with Crippen molar-refractivity contribution in [3.63, 3.8) is 0 Å². The second-order valence-electron chi connectivity index (χ2n) is 5.25. The van der Waals surface area contributed by atoms with Crippen LogP contribution in [0, 0.1) is 11.8 Å². The van der Waals surface area contributed by atoms with Gasteiger partial charge in [-0.05, 0) is 37.8 Å². The number of aromatic nitrogens is 2. The van der Waals surface area contributed by atoms with Crippen LogP contribution in [0.1, 0.15) is 38.4 Å². The first kappa shape index (κ1) is 12.6. The van der Waals surface area contributed by atoms with Crippen LogP contribution >= 0.6 is 0 Å². The van der Waals surface area contributed by atoms with Crippen LogP contribution in [-0.2, 0) is 13.5 Å². The zero-order valence-corrected chi connectivity index (χ0v) is 11.2. The zero-order valence-electron chi connectivity index (χ0n) is 11.2. The van der Waals surface area contributed by atoms with E-state index in [1.807, 2.05) is 12.4 Å². The summed E-state index contributed by atoms with van der Waals surface area (Å²) in [6, 6.07) is 0. The summed E-state index contributed by atoms with van der Waals surface area (Å²) in [4.78, 5) is 4.41. The van der Waals surface area contributed by atoms with Crippen molar-refractivity contribution >= 4 is 0 Å². The molecule has 1 N–H and O–H groups in total. The first-order chi connectivity index (χ1) is 8.31. The smallest absolute Gasteiger partial charge is 0.108 e. The Morgan fingerprint density at radius 3 is 2.94 bits per heavy atom. The highest BCUT2D eigenvalue weighted by atomic mass is 15.0. The van der Waals surface area contributed by atoms with Crippen molar-refractivity contribution in [2.45, 2.75) is 39.0 Å². The molecule has 0 radical (unpaired) electrons. The van der Waals surface area contributed by atoms with E-state index in [9.17, 15) is 0 Å². The molecule has 0 saturated heterocycles. The Kier molecular flexibility index (Phi) is 4.60. The topological polar surface area (TPSA) is 29.9 Å². The third kappa shape index (κ3) is 3.32. The van der Waals surface area contributed by atoms with Crippen molar-refractivity contribution in [3.05, 3.63) is 18.2 Å². The molecule has 0 amide bonds. The Morgan fingerprint density at radius 1 is 1.41 bits per heavy atom. The lowest BCUT2D eigenvalue weighted by molar-refractivity contribution is 0.347. The molecule has 0 aromatic carbocycles. The van der Waals surface area contributed by atoms with E-state index in [4.69, 9.17) is 0 Å². The van der Waals surface area contributed by atoms with Gasteiger partial charge in [-0.3, -0.25) is 0 Å². The molecule has 1 aromatic heterocycles. The standard InChI is InChI=1S/C14H25N3/c1-3-15-11-13-6-4-5-12(13)7-8-14-16-9-10-17(14)2/h9-10,12-13,15H,3-8,11H2,1-2H3. The third-order valence-corrected chi connectivity index (χ3v) is 4.13. The predicted molar refractivity (Wildman–Crippen MR) is 70.9 cm³/mol. The monoisotopic (exact) mass is 235 g/mol. The summed E-state index contributed by atoms with van der Waals surface area (Å²) in [7, 11) is 2.09. The molecule has 1 saturated carbocycles. The minimum Gasteiger partial charge on any atom is -0.338 e. The second-order valence-corrected chi connectivity index (χ2v) is 5.25. The second kappa shape index (κ2) is 6.20. The fraction of sp³-hybridized carbons (Fsp3) is 0.786. The predicted octanol–water partition coefficient (Wildman–Crippen LogP) is 2.38. The van der Waals surface area contributed by atoms with E-state index in [1.54, 1.807) is 0 Å². The number of hydrogen-bond acceptors (Lipinski definition) is 2. The Bertz CT molecular complexity index is 332. The number of imidazole rings is 1. The van der Waals surface area contributed by atoms with E-state index in [2.05, 4.69) is 28.8 Å². The lowest BCUT2D eigenvalue weighted by Gasteiger charge is -2.19. The maximum absolute atomic E-state index is 4.41. The van der Waals surface area contributed by atoms with Crippen LogP contribution in [-0.4, -0.2) is 22.6 Å². The summed E-state index contributed by atoms with van der Waals surface area (Å²) < 4.78 is 2.15. The molecule has 3 heteroatoms. The van der Waals surface area contributed by atoms with Crippen LogP contribution in [0.25, 0.3) is 0 Å². The molecule has 1 heterocycles. The maximum Gasteiger partial charge on any atom is 0.108 e. The molecule has 96 valence electrons. The summed E-state index contributed by atoms with van der Waals surface area (Å²) in [5.41, 5.74) is 0. The maximum atomic E-state index is 4.41. The normalized spacial score (nSPS) is 24.4. The van der Waals surface area contributed by atoms with E-state index >= 15 is 0 Å². The average Bonchev–Trinajstić information content (AvgIpc) is 2.93. The van der Waals surface area contributed by atoms with Crippen molar-refractivity contribution in [2.24, 2.45) is 18.9 Å². The van der Waals surface area contributed by atoms with Gasteiger partial charge in [-0.2, -0.15) is 0 Å². The quantitative estimate of drug-likeness (QED) is 0.820. The number of nitrogens with zero attached hydrogens (tertiary/aromatic N) is 2. The summed E-state index contributed by atoms with van der Waals surface area (Å²) in [5.74, 6) is 3.04. The van der Waals surface area contributed by atoms with Crippen molar-refractivity contribution in [3.8, 4) is 0 Å². The van der Waals surface area contributed by atoms with Crippen molar-refractivity contribution < 1.29 is 0 Å². The molecule has 2 rings (SSSR count). The number of aryl methyl sites for hydroxylation is 2. The molecular formula is C14H25N3. The minimum atomic E-state index is 0.898. The minimum absolute atomic E-state index is 0.898. The highest BCUT2D eigenvalue weighted by molar-refractivity contribution is 4.92. The van der Waals surface area contributed by atoms with Crippen LogP contribution < -0.4 is 5.32 Å². The zero-order chi connectivity index (χ0) is 12.1. The first-order valence-electron chi connectivity index (χ1n) is 6.98. The lowest BCUT2D eigenvalue weighted by Crippen LogP contribution is -2.25. The Hall–Kier alpha value is -0.830. The summed E-state index contributed by atoms with van der Waals surface area (Å²) in [5, 5.41) is 3.50. The lowest BCUT2D eigenvalue weighted by atomic mass is 9.91. The molecule has 17 heavy (non-hydrogen) atoms. The van der Waals surface area contributed by atoms with Gasteiger partial charge in [0.25, 0.3) is 0 Å². The first-order valence-corrected chi connectivity index (χ1v) is 6.98. The van der Waals surface area contributed by atoms with Crippen LogP contribution in [0.2, 0.25) is 0 Å². The number of nitrogens with one attached hydrogen (secondary N) is 1. The molecule has 0 bridgehead atoms. The van der Waals surface area contributed by atoms with Gasteiger partial charge in [0.05, 0.1) is 0 Å². The van der Waals surface area contributed by atoms with Gasteiger partial charge in [-0.25, -0.2) is 4.98 Å². The van der Waals surface area contributed by atoms with Crippen molar-refractivity contribution in [2.75, 3.05) is 13.1 Å². The van der Waals surface area contributed by atoms with Gasteiger partial charge < -0.3 is 9.88 Å². The van der Waals surface area contributed by atoms with E-state index < -0.39 is 0 Å². The SMILES string of the molecule is CCNCC1CCCC1CCc1nccn1C. The molecule has 0 aliphatic heterocycles.